The van der Waals surface area contributed by atoms with Crippen LogP contribution in [0, 0.1) is 0 Å². The minimum atomic E-state index is 0.0749. The van der Waals surface area contributed by atoms with Gasteiger partial charge in [-0.3, -0.25) is 4.79 Å². The Morgan fingerprint density at radius 2 is 2.21 bits per heavy atom. The fourth-order valence-electron chi connectivity index (χ4n) is 3.55. The van der Waals surface area contributed by atoms with Crippen LogP contribution in [0.2, 0.25) is 0 Å². The van der Waals surface area contributed by atoms with Gasteiger partial charge in [-0.1, -0.05) is 0 Å². The normalized spacial score (nSPS) is 16.0. The van der Waals surface area contributed by atoms with Gasteiger partial charge in [0, 0.05) is 34.6 Å². The smallest absolute Gasteiger partial charge is 0.201 e. The highest BCUT2D eigenvalue weighted by Crippen LogP contribution is 2.38. The molecule has 3 heterocycles. The lowest BCUT2D eigenvalue weighted by Crippen LogP contribution is -2.30. The summed E-state index contributed by atoms with van der Waals surface area (Å²) in [4.78, 5) is 16.6. The Morgan fingerprint density at radius 3 is 3.07 bits per heavy atom. The van der Waals surface area contributed by atoms with Gasteiger partial charge in [0.05, 0.1) is 15.9 Å². The first-order chi connectivity index (χ1) is 13.7. The molecule has 1 aliphatic rings. The van der Waals surface area contributed by atoms with E-state index in [-0.39, 0.29) is 5.43 Å². The lowest BCUT2D eigenvalue weighted by molar-refractivity contribution is 0.497. The summed E-state index contributed by atoms with van der Waals surface area (Å²) in [5, 5.41) is 12.5. The van der Waals surface area contributed by atoms with Crippen LogP contribution in [0.25, 0.3) is 10.2 Å². The summed E-state index contributed by atoms with van der Waals surface area (Å²) in [6.45, 7) is 2.70. The highest BCUT2D eigenvalue weighted by molar-refractivity contribution is 9.10. The zero-order valence-corrected chi connectivity index (χ0v) is 18.8. The molecule has 1 atom stereocenters. The second kappa shape index (κ2) is 8.90. The van der Waals surface area contributed by atoms with Gasteiger partial charge in [0.15, 0.2) is 0 Å². The molecule has 0 bridgehead atoms. The molecule has 28 heavy (non-hydrogen) atoms. The van der Waals surface area contributed by atoms with Gasteiger partial charge >= 0.3 is 0 Å². The van der Waals surface area contributed by atoms with Crippen LogP contribution >= 0.6 is 39.0 Å². The number of halogens is 1. The SMILES string of the molecule is CSc1cc(Br)c2c(c1)C(NCCCNc1cc(=O)c3sccc3[nH]1)CCN2. The number of rotatable bonds is 7. The molecule has 0 saturated heterocycles. The molecule has 0 aliphatic carbocycles. The van der Waals surface area contributed by atoms with Crippen molar-refractivity contribution in [3.63, 3.8) is 0 Å². The number of pyridine rings is 1. The number of nitrogens with one attached hydrogen (secondary N) is 4. The molecule has 148 valence electrons. The molecule has 1 aromatic carbocycles. The summed E-state index contributed by atoms with van der Waals surface area (Å²) >= 11 is 6.94. The van der Waals surface area contributed by atoms with Crippen molar-refractivity contribution in [2.24, 2.45) is 0 Å². The van der Waals surface area contributed by atoms with Crippen molar-refractivity contribution in [2.75, 3.05) is 36.5 Å². The van der Waals surface area contributed by atoms with Crippen LogP contribution in [-0.2, 0) is 0 Å². The highest BCUT2D eigenvalue weighted by atomic mass is 79.9. The van der Waals surface area contributed by atoms with Crippen LogP contribution < -0.4 is 21.4 Å². The quantitative estimate of drug-likeness (QED) is 0.283. The molecule has 8 heteroatoms. The van der Waals surface area contributed by atoms with E-state index < -0.39 is 0 Å². The van der Waals surface area contributed by atoms with Crippen LogP contribution in [0.15, 0.2) is 43.8 Å². The van der Waals surface area contributed by atoms with Crippen LogP contribution in [0.5, 0.6) is 0 Å². The van der Waals surface area contributed by atoms with Gasteiger partial charge in [0.2, 0.25) is 5.43 Å². The number of thioether (sulfide) groups is 1. The van der Waals surface area contributed by atoms with Crippen LogP contribution in [0.1, 0.15) is 24.4 Å². The van der Waals surface area contributed by atoms with Gasteiger partial charge in [-0.2, -0.15) is 0 Å². The van der Waals surface area contributed by atoms with E-state index in [9.17, 15) is 4.79 Å². The van der Waals surface area contributed by atoms with Gasteiger partial charge in [0.25, 0.3) is 0 Å². The van der Waals surface area contributed by atoms with E-state index in [1.165, 1.54) is 27.5 Å². The van der Waals surface area contributed by atoms with Crippen molar-refractivity contribution in [1.29, 1.82) is 0 Å². The molecule has 4 rings (SSSR count). The molecule has 0 radical (unpaired) electrons. The number of hydrogen-bond donors (Lipinski definition) is 4. The van der Waals surface area contributed by atoms with Gasteiger partial charge in [-0.15, -0.1) is 23.1 Å². The maximum Gasteiger partial charge on any atom is 0.201 e. The number of fused-ring (bicyclic) bond motifs is 2. The Morgan fingerprint density at radius 1 is 1.32 bits per heavy atom. The highest BCUT2D eigenvalue weighted by Gasteiger charge is 2.22. The zero-order valence-electron chi connectivity index (χ0n) is 15.6. The number of benzene rings is 1. The van der Waals surface area contributed by atoms with E-state index in [1.54, 1.807) is 17.8 Å². The van der Waals surface area contributed by atoms with Crippen LogP contribution in [0.3, 0.4) is 0 Å². The number of aromatic nitrogens is 1. The van der Waals surface area contributed by atoms with E-state index in [0.717, 1.165) is 53.0 Å². The van der Waals surface area contributed by atoms with E-state index in [0.29, 0.717) is 6.04 Å². The largest absolute Gasteiger partial charge is 0.384 e. The Hall–Kier alpha value is -1.48. The molecule has 1 aliphatic heterocycles. The fraction of sp³-hybridized carbons (Fsp3) is 0.350. The second-order valence-corrected chi connectivity index (χ2v) is 9.44. The number of anilines is 2. The molecule has 3 aromatic rings. The molecule has 1 unspecified atom stereocenters. The number of H-pyrrole nitrogens is 1. The Labute approximate surface area is 180 Å². The van der Waals surface area contributed by atoms with E-state index >= 15 is 0 Å². The Balaban J connectivity index is 1.32. The van der Waals surface area contributed by atoms with Crippen LogP contribution in [-0.4, -0.2) is 30.9 Å². The molecular weight excluding hydrogens is 456 g/mol. The average Bonchev–Trinajstić information content (AvgIpc) is 3.17. The van der Waals surface area contributed by atoms with Crippen molar-refractivity contribution in [3.05, 3.63) is 49.9 Å². The maximum absolute atomic E-state index is 12.1. The average molecular weight is 479 g/mol. The van der Waals surface area contributed by atoms with E-state index in [2.05, 4.69) is 55.3 Å². The van der Waals surface area contributed by atoms with Gasteiger partial charge in [-0.05, 0) is 70.7 Å². The molecular formula is C20H23BrN4OS2. The van der Waals surface area contributed by atoms with Crippen molar-refractivity contribution < 1.29 is 0 Å². The number of hydrogen-bond acceptors (Lipinski definition) is 6. The predicted octanol–water partition coefficient (Wildman–Crippen LogP) is 5.02. The molecule has 2 aromatic heterocycles. The number of thiophene rings is 1. The van der Waals surface area contributed by atoms with Crippen molar-refractivity contribution in [1.82, 2.24) is 10.3 Å². The molecule has 0 fully saturated rings. The van der Waals surface area contributed by atoms with Crippen molar-refractivity contribution >= 4 is 60.8 Å². The lowest BCUT2D eigenvalue weighted by atomic mass is 9.98. The number of aromatic amines is 1. The predicted molar refractivity (Wildman–Crippen MR) is 125 cm³/mol. The summed E-state index contributed by atoms with van der Waals surface area (Å²) in [7, 11) is 0. The van der Waals surface area contributed by atoms with Gasteiger partial charge in [-0.25, -0.2) is 0 Å². The summed E-state index contributed by atoms with van der Waals surface area (Å²) in [5.74, 6) is 0.789. The minimum absolute atomic E-state index is 0.0749. The third-order valence-corrected chi connectivity index (χ3v) is 7.20. The summed E-state index contributed by atoms with van der Waals surface area (Å²) in [6, 6.07) is 8.42. The van der Waals surface area contributed by atoms with Gasteiger partial charge < -0.3 is 20.9 Å². The first kappa shape index (κ1) is 19.8. The van der Waals surface area contributed by atoms with Crippen molar-refractivity contribution in [3.8, 4) is 0 Å². The zero-order chi connectivity index (χ0) is 19.5. The van der Waals surface area contributed by atoms with Crippen molar-refractivity contribution in [2.45, 2.75) is 23.8 Å². The first-order valence-corrected chi connectivity index (χ1v) is 12.2. The fourth-order valence-corrected chi connectivity index (χ4v) is 5.56. The lowest BCUT2D eigenvalue weighted by Gasteiger charge is -2.29. The Kier molecular flexibility index (Phi) is 6.30. The monoisotopic (exact) mass is 478 g/mol. The second-order valence-electron chi connectivity index (χ2n) is 6.79. The topological polar surface area (TPSA) is 68.9 Å². The van der Waals surface area contributed by atoms with E-state index in [4.69, 9.17) is 0 Å². The third-order valence-electron chi connectivity index (χ3n) is 4.93. The van der Waals surface area contributed by atoms with Gasteiger partial charge in [0.1, 0.15) is 5.82 Å². The third kappa shape index (κ3) is 4.25. The minimum Gasteiger partial charge on any atom is -0.384 e. The van der Waals surface area contributed by atoms with Crippen LogP contribution in [0.4, 0.5) is 11.5 Å². The Bertz CT molecular complexity index is 1030. The first-order valence-electron chi connectivity index (χ1n) is 9.35. The maximum atomic E-state index is 12.1. The van der Waals surface area contributed by atoms with E-state index in [1.807, 2.05) is 11.4 Å². The molecule has 0 spiro atoms. The summed E-state index contributed by atoms with van der Waals surface area (Å²) in [6.07, 6.45) is 4.16. The molecule has 0 amide bonds. The standard InChI is InChI=1S/C20H23BrN4OS2/c1-27-12-9-13-15(3-7-24-19(13)14(21)10-12)22-5-2-6-23-18-11-17(26)20-16(25-18)4-8-28-20/h4,8-11,15,22,24H,2-3,5-7H2,1H3,(H2,23,25,26). The summed E-state index contributed by atoms with van der Waals surface area (Å²) < 4.78 is 1.92. The molecule has 0 saturated carbocycles. The molecule has 5 nitrogen and oxygen atoms in total. The summed E-state index contributed by atoms with van der Waals surface area (Å²) in [5.41, 5.74) is 3.52. The molecule has 4 N–H and O–H groups in total.